The van der Waals surface area contributed by atoms with Crippen molar-refractivity contribution in [1.82, 2.24) is 4.98 Å². The van der Waals surface area contributed by atoms with E-state index in [4.69, 9.17) is 14.2 Å². The van der Waals surface area contributed by atoms with Gasteiger partial charge in [0.1, 0.15) is 5.75 Å². The molecule has 0 bridgehead atoms. The Kier molecular flexibility index (Phi) is 6.39. The van der Waals surface area contributed by atoms with Crippen LogP contribution in [0.1, 0.15) is 56.3 Å². The van der Waals surface area contributed by atoms with Gasteiger partial charge in [0.25, 0.3) is 0 Å². The third-order valence-electron chi connectivity index (χ3n) is 4.12. The van der Waals surface area contributed by atoms with Crippen molar-refractivity contribution in [2.24, 2.45) is 0 Å². The van der Waals surface area contributed by atoms with Gasteiger partial charge >= 0.3 is 11.9 Å². The van der Waals surface area contributed by atoms with Crippen molar-refractivity contribution in [3.63, 3.8) is 0 Å². The summed E-state index contributed by atoms with van der Waals surface area (Å²) in [4.78, 5) is 40.0. The van der Waals surface area contributed by atoms with Gasteiger partial charge in [0.05, 0.1) is 30.5 Å². The zero-order valence-corrected chi connectivity index (χ0v) is 16.0. The Labute approximate surface area is 157 Å². The molecule has 0 amide bonds. The highest BCUT2D eigenvalue weighted by Gasteiger charge is 2.27. The van der Waals surface area contributed by atoms with Crippen LogP contribution in [0.15, 0.2) is 24.3 Å². The highest BCUT2D eigenvalue weighted by molar-refractivity contribution is 6.04. The summed E-state index contributed by atoms with van der Waals surface area (Å²) in [6.45, 7) is 6.77. The van der Waals surface area contributed by atoms with Gasteiger partial charge in [-0.3, -0.25) is 4.79 Å². The number of nitrogens with one attached hydrogen (secondary N) is 1. The van der Waals surface area contributed by atoms with Crippen molar-refractivity contribution in [2.75, 3.05) is 13.7 Å². The first-order valence-corrected chi connectivity index (χ1v) is 8.55. The number of benzene rings is 1. The number of ketones is 1. The minimum atomic E-state index is -1.03. The van der Waals surface area contributed by atoms with Crippen LogP contribution in [0, 0.1) is 13.8 Å². The third-order valence-corrected chi connectivity index (χ3v) is 4.12. The number of ether oxygens (including phenoxy) is 3. The van der Waals surface area contributed by atoms with Gasteiger partial charge in [-0.15, -0.1) is 0 Å². The Balaban J connectivity index is 2.19. The standard InChI is InChI=1S/C20H23NO6/c1-6-26-20(24)16-11(2)17(21-12(16)3)18(22)13(4)27-19(23)14-8-7-9-15(10-14)25-5/h7-10,13,21H,6H2,1-5H3. The fraction of sp³-hybridized carbons (Fsp3) is 0.350. The molecule has 1 unspecified atom stereocenters. The Hall–Kier alpha value is -3.09. The van der Waals surface area contributed by atoms with Crippen LogP contribution in [-0.4, -0.2) is 42.5 Å². The molecule has 1 atom stereocenters. The van der Waals surface area contributed by atoms with Gasteiger partial charge in [-0.1, -0.05) is 6.07 Å². The molecule has 0 fully saturated rings. The van der Waals surface area contributed by atoms with Gasteiger partial charge in [-0.2, -0.15) is 0 Å². The first-order chi connectivity index (χ1) is 12.8. The second-order valence-electron chi connectivity index (χ2n) is 5.99. The van der Waals surface area contributed by atoms with E-state index in [1.165, 1.54) is 20.1 Å². The average Bonchev–Trinajstić information content (AvgIpc) is 2.95. The zero-order valence-electron chi connectivity index (χ0n) is 16.0. The van der Waals surface area contributed by atoms with E-state index in [-0.39, 0.29) is 17.9 Å². The third kappa shape index (κ3) is 4.36. The summed E-state index contributed by atoms with van der Waals surface area (Å²) >= 11 is 0. The zero-order chi connectivity index (χ0) is 20.1. The normalized spacial score (nSPS) is 11.6. The SMILES string of the molecule is CCOC(=O)c1c(C)[nH]c(C(=O)C(C)OC(=O)c2cccc(OC)c2)c1C. The summed E-state index contributed by atoms with van der Waals surface area (Å²) in [5, 5.41) is 0. The number of Topliss-reactive ketones (excluding diaryl/α,β-unsaturated/α-hetero) is 1. The quantitative estimate of drug-likeness (QED) is 0.591. The average molecular weight is 373 g/mol. The predicted octanol–water partition coefficient (Wildman–Crippen LogP) is 3.25. The lowest BCUT2D eigenvalue weighted by Gasteiger charge is -2.12. The van der Waals surface area contributed by atoms with Crippen molar-refractivity contribution in [1.29, 1.82) is 0 Å². The van der Waals surface area contributed by atoms with Gasteiger partial charge in [0, 0.05) is 5.69 Å². The summed E-state index contributed by atoms with van der Waals surface area (Å²) < 4.78 is 15.4. The number of hydrogen-bond acceptors (Lipinski definition) is 6. The second-order valence-corrected chi connectivity index (χ2v) is 5.99. The molecule has 144 valence electrons. The van der Waals surface area contributed by atoms with Crippen molar-refractivity contribution in [2.45, 2.75) is 33.8 Å². The Morgan fingerprint density at radius 3 is 2.48 bits per heavy atom. The summed E-state index contributed by atoms with van der Waals surface area (Å²) in [6.07, 6.45) is -1.03. The molecule has 0 aliphatic heterocycles. The lowest BCUT2D eigenvalue weighted by Crippen LogP contribution is -2.25. The molecule has 7 heteroatoms. The molecule has 0 saturated carbocycles. The lowest BCUT2D eigenvalue weighted by molar-refractivity contribution is 0.0316. The van der Waals surface area contributed by atoms with E-state index in [0.29, 0.717) is 22.6 Å². The van der Waals surface area contributed by atoms with Crippen LogP contribution in [0.5, 0.6) is 5.75 Å². The van der Waals surface area contributed by atoms with E-state index in [1.54, 1.807) is 39.0 Å². The first kappa shape index (κ1) is 20.2. The van der Waals surface area contributed by atoms with E-state index in [9.17, 15) is 14.4 Å². The van der Waals surface area contributed by atoms with Crippen molar-refractivity contribution < 1.29 is 28.6 Å². The van der Waals surface area contributed by atoms with Crippen LogP contribution in [0.2, 0.25) is 0 Å². The van der Waals surface area contributed by atoms with Crippen LogP contribution in [0.25, 0.3) is 0 Å². The first-order valence-electron chi connectivity index (χ1n) is 8.55. The number of methoxy groups -OCH3 is 1. The monoisotopic (exact) mass is 373 g/mol. The molecule has 1 heterocycles. The van der Waals surface area contributed by atoms with Gasteiger partial charge in [0.15, 0.2) is 6.10 Å². The van der Waals surface area contributed by atoms with Crippen molar-refractivity contribution in [3.8, 4) is 5.75 Å². The Bertz CT molecular complexity index is 867. The molecule has 0 aliphatic carbocycles. The maximum atomic E-state index is 12.7. The Morgan fingerprint density at radius 1 is 1.15 bits per heavy atom. The largest absolute Gasteiger partial charge is 0.497 e. The van der Waals surface area contributed by atoms with Crippen molar-refractivity contribution >= 4 is 17.7 Å². The van der Waals surface area contributed by atoms with Crippen LogP contribution >= 0.6 is 0 Å². The maximum Gasteiger partial charge on any atom is 0.340 e. The van der Waals surface area contributed by atoms with Gasteiger partial charge in [-0.25, -0.2) is 9.59 Å². The minimum absolute atomic E-state index is 0.224. The molecule has 0 radical (unpaired) electrons. The number of aromatic amines is 1. The molecule has 1 N–H and O–H groups in total. The number of hydrogen-bond donors (Lipinski definition) is 1. The van der Waals surface area contributed by atoms with E-state index in [1.807, 2.05) is 0 Å². The highest BCUT2D eigenvalue weighted by Crippen LogP contribution is 2.21. The molecule has 0 aliphatic rings. The fourth-order valence-corrected chi connectivity index (χ4v) is 2.74. The van der Waals surface area contributed by atoms with E-state index < -0.39 is 23.8 Å². The molecule has 2 aromatic rings. The molecule has 0 spiro atoms. The van der Waals surface area contributed by atoms with Gasteiger partial charge < -0.3 is 19.2 Å². The van der Waals surface area contributed by atoms with Crippen molar-refractivity contribution in [3.05, 3.63) is 52.3 Å². The summed E-state index contributed by atoms with van der Waals surface area (Å²) in [7, 11) is 1.49. The van der Waals surface area contributed by atoms with E-state index in [2.05, 4.69) is 4.98 Å². The van der Waals surface area contributed by atoms with Crippen LogP contribution < -0.4 is 4.74 Å². The van der Waals surface area contributed by atoms with Gasteiger partial charge in [0.2, 0.25) is 5.78 Å². The number of carbonyl (C=O) groups excluding carboxylic acids is 3. The summed E-state index contributed by atoms with van der Waals surface area (Å²) in [6, 6.07) is 6.47. The highest BCUT2D eigenvalue weighted by atomic mass is 16.5. The summed E-state index contributed by atoms with van der Waals surface area (Å²) in [5.74, 6) is -1.05. The molecule has 7 nitrogen and oxygen atoms in total. The van der Waals surface area contributed by atoms with E-state index in [0.717, 1.165) is 0 Å². The predicted molar refractivity (Wildman–Crippen MR) is 98.4 cm³/mol. The van der Waals surface area contributed by atoms with Crippen LogP contribution in [-0.2, 0) is 9.47 Å². The minimum Gasteiger partial charge on any atom is -0.497 e. The molecular formula is C20H23NO6. The lowest BCUT2D eigenvalue weighted by atomic mass is 10.1. The Morgan fingerprint density at radius 2 is 1.85 bits per heavy atom. The van der Waals surface area contributed by atoms with Gasteiger partial charge in [-0.05, 0) is 51.5 Å². The molecule has 0 saturated heterocycles. The molecule has 1 aromatic heterocycles. The number of aryl methyl sites for hydroxylation is 1. The fourth-order valence-electron chi connectivity index (χ4n) is 2.74. The smallest absolute Gasteiger partial charge is 0.340 e. The number of esters is 2. The number of carbonyl (C=O) groups is 3. The molecule has 1 aromatic carbocycles. The molecule has 27 heavy (non-hydrogen) atoms. The second kappa shape index (κ2) is 8.53. The summed E-state index contributed by atoms with van der Waals surface area (Å²) in [5.41, 5.74) is 1.83. The maximum absolute atomic E-state index is 12.7. The number of rotatable bonds is 7. The van der Waals surface area contributed by atoms with Crippen LogP contribution in [0.4, 0.5) is 0 Å². The van der Waals surface area contributed by atoms with E-state index >= 15 is 0 Å². The molecule has 2 rings (SSSR count). The number of aromatic nitrogens is 1. The number of H-pyrrole nitrogens is 1. The van der Waals surface area contributed by atoms with Crippen LogP contribution in [0.3, 0.4) is 0 Å². The molecular weight excluding hydrogens is 350 g/mol. The topological polar surface area (TPSA) is 94.7 Å².